The van der Waals surface area contributed by atoms with E-state index in [9.17, 15) is 0 Å². The lowest BCUT2D eigenvalue weighted by atomic mass is 10.3. The van der Waals surface area contributed by atoms with E-state index < -0.39 is 0 Å². The van der Waals surface area contributed by atoms with E-state index in [2.05, 4.69) is 37.5 Å². The summed E-state index contributed by atoms with van der Waals surface area (Å²) in [5, 5.41) is 4.07. The first kappa shape index (κ1) is 13.1. The highest BCUT2D eigenvalue weighted by atomic mass is 32.2. The van der Waals surface area contributed by atoms with Crippen LogP contribution in [0.4, 0.5) is 0 Å². The largest absolute Gasteiger partial charge is 0.312 e. The minimum Gasteiger partial charge on any atom is -0.312 e. The summed E-state index contributed by atoms with van der Waals surface area (Å²) < 4.78 is 0. The first-order valence-electron chi connectivity index (χ1n) is 5.24. The second-order valence-electron chi connectivity index (χ2n) is 3.34. The molecule has 0 aliphatic heterocycles. The van der Waals surface area contributed by atoms with Gasteiger partial charge in [0, 0.05) is 18.3 Å². The SMILES string of the molecule is C=CCNCC(C)SCCCCC. The number of rotatable bonds is 9. The molecule has 0 bridgehead atoms. The van der Waals surface area contributed by atoms with Crippen LogP contribution in [0.15, 0.2) is 12.7 Å². The van der Waals surface area contributed by atoms with Gasteiger partial charge in [-0.25, -0.2) is 0 Å². The Hall–Kier alpha value is 0.0500. The van der Waals surface area contributed by atoms with Crippen molar-refractivity contribution in [1.29, 1.82) is 0 Å². The molecular formula is C11H23NS. The van der Waals surface area contributed by atoms with E-state index in [-0.39, 0.29) is 0 Å². The fourth-order valence-corrected chi connectivity index (χ4v) is 2.09. The topological polar surface area (TPSA) is 12.0 Å². The third-order valence-electron chi connectivity index (χ3n) is 1.87. The van der Waals surface area contributed by atoms with Crippen molar-refractivity contribution < 1.29 is 0 Å². The highest BCUT2D eigenvalue weighted by molar-refractivity contribution is 7.99. The summed E-state index contributed by atoms with van der Waals surface area (Å²) in [6, 6.07) is 0. The molecule has 1 N–H and O–H groups in total. The van der Waals surface area contributed by atoms with Gasteiger partial charge in [0.1, 0.15) is 0 Å². The molecule has 0 radical (unpaired) electrons. The Kier molecular flexibility index (Phi) is 10.2. The maximum absolute atomic E-state index is 3.67. The molecule has 13 heavy (non-hydrogen) atoms. The molecule has 0 heterocycles. The molecule has 0 saturated carbocycles. The van der Waals surface area contributed by atoms with Gasteiger partial charge < -0.3 is 5.32 Å². The number of unbranched alkanes of at least 4 members (excludes halogenated alkanes) is 2. The predicted octanol–water partition coefficient (Wildman–Crippen LogP) is 3.07. The summed E-state index contributed by atoms with van der Waals surface area (Å²) >= 11 is 2.07. The van der Waals surface area contributed by atoms with Crippen molar-refractivity contribution in [2.24, 2.45) is 0 Å². The Morgan fingerprint density at radius 1 is 1.46 bits per heavy atom. The lowest BCUT2D eigenvalue weighted by Gasteiger charge is -2.10. The minimum absolute atomic E-state index is 0.733. The van der Waals surface area contributed by atoms with Crippen LogP contribution >= 0.6 is 11.8 Å². The van der Waals surface area contributed by atoms with E-state index in [4.69, 9.17) is 0 Å². The van der Waals surface area contributed by atoms with Gasteiger partial charge in [-0.3, -0.25) is 0 Å². The van der Waals surface area contributed by atoms with Gasteiger partial charge in [-0.1, -0.05) is 32.8 Å². The number of nitrogens with one attached hydrogen (secondary N) is 1. The Balaban J connectivity index is 3.09. The molecule has 0 amide bonds. The minimum atomic E-state index is 0.733. The van der Waals surface area contributed by atoms with Gasteiger partial charge in [-0.15, -0.1) is 6.58 Å². The highest BCUT2D eigenvalue weighted by Crippen LogP contribution is 2.12. The van der Waals surface area contributed by atoms with E-state index >= 15 is 0 Å². The Labute approximate surface area is 87.4 Å². The summed E-state index contributed by atoms with van der Waals surface area (Å²) in [5.74, 6) is 1.31. The summed E-state index contributed by atoms with van der Waals surface area (Å²) in [6.45, 7) is 10.2. The molecule has 0 rings (SSSR count). The standard InChI is InChI=1S/C11H23NS/c1-4-6-7-9-13-11(3)10-12-8-5-2/h5,11-12H,2,4,6-10H2,1,3H3. The molecule has 1 nitrogen and oxygen atoms in total. The third kappa shape index (κ3) is 9.97. The molecule has 0 aliphatic rings. The quantitative estimate of drug-likeness (QED) is 0.454. The van der Waals surface area contributed by atoms with Gasteiger partial charge in [-0.05, 0) is 12.2 Å². The van der Waals surface area contributed by atoms with E-state index in [1.807, 2.05) is 6.08 Å². The zero-order valence-electron chi connectivity index (χ0n) is 9.01. The molecule has 0 saturated heterocycles. The lowest BCUT2D eigenvalue weighted by molar-refractivity contribution is 0.735. The van der Waals surface area contributed by atoms with Gasteiger partial charge in [0.2, 0.25) is 0 Å². The molecule has 1 unspecified atom stereocenters. The first-order valence-corrected chi connectivity index (χ1v) is 6.29. The van der Waals surface area contributed by atoms with Crippen molar-refractivity contribution in [3.05, 3.63) is 12.7 Å². The Morgan fingerprint density at radius 3 is 2.85 bits per heavy atom. The fraction of sp³-hybridized carbons (Fsp3) is 0.818. The fourth-order valence-electron chi connectivity index (χ4n) is 1.08. The number of hydrogen-bond acceptors (Lipinski definition) is 2. The molecule has 0 aromatic heterocycles. The molecule has 0 aromatic carbocycles. The van der Waals surface area contributed by atoms with Crippen LogP contribution in [0.2, 0.25) is 0 Å². The second-order valence-corrected chi connectivity index (χ2v) is 4.88. The van der Waals surface area contributed by atoms with Crippen LogP contribution < -0.4 is 5.32 Å². The monoisotopic (exact) mass is 201 g/mol. The molecule has 1 atom stereocenters. The normalized spacial score (nSPS) is 12.8. The zero-order chi connectivity index (χ0) is 9.94. The molecule has 78 valence electrons. The lowest BCUT2D eigenvalue weighted by Crippen LogP contribution is -2.22. The van der Waals surface area contributed by atoms with Crippen molar-refractivity contribution in [1.82, 2.24) is 5.32 Å². The van der Waals surface area contributed by atoms with Crippen molar-refractivity contribution in [3.8, 4) is 0 Å². The molecule has 0 aliphatic carbocycles. The van der Waals surface area contributed by atoms with Crippen LogP contribution in [0.1, 0.15) is 33.1 Å². The van der Waals surface area contributed by atoms with Gasteiger partial charge in [0.15, 0.2) is 0 Å². The Bertz CT molecular complexity index is 115. The Morgan fingerprint density at radius 2 is 2.23 bits per heavy atom. The van der Waals surface area contributed by atoms with E-state index in [1.165, 1.54) is 25.0 Å². The van der Waals surface area contributed by atoms with E-state index in [0.29, 0.717) is 0 Å². The predicted molar refractivity (Wildman–Crippen MR) is 64.5 cm³/mol. The average molecular weight is 201 g/mol. The summed E-state index contributed by atoms with van der Waals surface area (Å²) in [4.78, 5) is 0. The summed E-state index contributed by atoms with van der Waals surface area (Å²) in [6.07, 6.45) is 5.98. The van der Waals surface area contributed by atoms with E-state index in [0.717, 1.165) is 18.3 Å². The van der Waals surface area contributed by atoms with Crippen molar-refractivity contribution in [2.45, 2.75) is 38.4 Å². The highest BCUT2D eigenvalue weighted by Gasteiger charge is 2.00. The van der Waals surface area contributed by atoms with Crippen LogP contribution in [0.5, 0.6) is 0 Å². The zero-order valence-corrected chi connectivity index (χ0v) is 9.83. The number of thioether (sulfide) groups is 1. The van der Waals surface area contributed by atoms with Gasteiger partial charge in [0.25, 0.3) is 0 Å². The number of hydrogen-bond donors (Lipinski definition) is 1. The second kappa shape index (κ2) is 10.1. The smallest absolute Gasteiger partial charge is 0.0144 e. The van der Waals surface area contributed by atoms with Gasteiger partial charge in [-0.2, -0.15) is 11.8 Å². The summed E-state index contributed by atoms with van der Waals surface area (Å²) in [5.41, 5.74) is 0. The molecule has 0 spiro atoms. The third-order valence-corrected chi connectivity index (χ3v) is 3.13. The summed E-state index contributed by atoms with van der Waals surface area (Å²) in [7, 11) is 0. The average Bonchev–Trinajstić information content (AvgIpc) is 2.13. The molecular weight excluding hydrogens is 178 g/mol. The van der Waals surface area contributed by atoms with Crippen LogP contribution in [0.25, 0.3) is 0 Å². The first-order chi connectivity index (χ1) is 6.31. The van der Waals surface area contributed by atoms with Crippen molar-refractivity contribution >= 4 is 11.8 Å². The maximum Gasteiger partial charge on any atom is 0.0144 e. The maximum atomic E-state index is 3.67. The van der Waals surface area contributed by atoms with E-state index in [1.54, 1.807) is 0 Å². The van der Waals surface area contributed by atoms with Gasteiger partial charge >= 0.3 is 0 Å². The van der Waals surface area contributed by atoms with Crippen LogP contribution in [-0.4, -0.2) is 24.1 Å². The molecule has 0 aromatic rings. The van der Waals surface area contributed by atoms with Crippen molar-refractivity contribution in [2.75, 3.05) is 18.8 Å². The van der Waals surface area contributed by atoms with Crippen LogP contribution in [0.3, 0.4) is 0 Å². The molecule has 2 heteroatoms. The van der Waals surface area contributed by atoms with Crippen molar-refractivity contribution in [3.63, 3.8) is 0 Å². The molecule has 0 fully saturated rings. The van der Waals surface area contributed by atoms with Gasteiger partial charge in [0.05, 0.1) is 0 Å². The van der Waals surface area contributed by atoms with Crippen LogP contribution in [0, 0.1) is 0 Å². The van der Waals surface area contributed by atoms with Crippen LogP contribution in [-0.2, 0) is 0 Å².